The van der Waals surface area contributed by atoms with E-state index in [0.717, 1.165) is 38.9 Å². The standard InChI is InChI=1S/C33H31BN2O3/c1-20-22(3)36(19-23-8-10-25(11-9-23)28-6-4-5-7-29(28)33(38)39)31-17-14-26(18-30(20)31)32(37)35-21(2)24-12-15-27(34)16-13-24/h4-18,21H,19,34H2,1-3H3,(H,35,37)(H,38,39)/t21-/m0/s1. The van der Waals surface area contributed by atoms with E-state index in [2.05, 4.69) is 55.8 Å². The first-order valence-corrected chi connectivity index (χ1v) is 13.1. The molecule has 1 heterocycles. The van der Waals surface area contributed by atoms with Gasteiger partial charge in [-0.25, -0.2) is 4.79 Å². The lowest BCUT2D eigenvalue weighted by Gasteiger charge is -2.15. The Morgan fingerprint density at radius 3 is 2.31 bits per heavy atom. The first kappa shape index (κ1) is 26.0. The molecule has 0 saturated heterocycles. The van der Waals surface area contributed by atoms with E-state index in [4.69, 9.17) is 0 Å². The molecule has 5 rings (SSSR count). The van der Waals surface area contributed by atoms with Crippen molar-refractivity contribution in [1.82, 2.24) is 9.88 Å². The molecular weight excluding hydrogens is 483 g/mol. The van der Waals surface area contributed by atoms with Gasteiger partial charge >= 0.3 is 5.97 Å². The highest BCUT2D eigenvalue weighted by Gasteiger charge is 2.17. The van der Waals surface area contributed by atoms with Crippen molar-refractivity contribution in [3.8, 4) is 11.1 Å². The number of benzene rings is 4. The van der Waals surface area contributed by atoms with Crippen molar-refractivity contribution < 1.29 is 14.7 Å². The molecule has 39 heavy (non-hydrogen) atoms. The van der Waals surface area contributed by atoms with E-state index in [9.17, 15) is 14.7 Å². The van der Waals surface area contributed by atoms with Crippen LogP contribution in [0.5, 0.6) is 0 Å². The first-order chi connectivity index (χ1) is 18.7. The van der Waals surface area contributed by atoms with Crippen LogP contribution in [0.25, 0.3) is 22.0 Å². The molecule has 0 spiro atoms. The molecule has 0 fully saturated rings. The molecule has 0 aliphatic rings. The molecule has 0 radical (unpaired) electrons. The van der Waals surface area contributed by atoms with E-state index in [-0.39, 0.29) is 11.9 Å². The van der Waals surface area contributed by atoms with Crippen molar-refractivity contribution in [3.63, 3.8) is 0 Å². The summed E-state index contributed by atoms with van der Waals surface area (Å²) in [6.07, 6.45) is 0. The zero-order valence-electron chi connectivity index (χ0n) is 22.7. The smallest absolute Gasteiger partial charge is 0.336 e. The summed E-state index contributed by atoms with van der Waals surface area (Å²) in [4.78, 5) is 24.7. The number of rotatable bonds is 7. The number of hydrogen-bond acceptors (Lipinski definition) is 2. The van der Waals surface area contributed by atoms with Crippen LogP contribution in [0.1, 0.15) is 56.1 Å². The van der Waals surface area contributed by atoms with E-state index in [0.29, 0.717) is 23.2 Å². The molecule has 5 nitrogen and oxygen atoms in total. The third-order valence-corrected chi connectivity index (χ3v) is 7.59. The predicted molar refractivity (Wildman–Crippen MR) is 160 cm³/mol. The van der Waals surface area contributed by atoms with Gasteiger partial charge in [-0.05, 0) is 72.9 Å². The summed E-state index contributed by atoms with van der Waals surface area (Å²) in [5.41, 5.74) is 9.27. The van der Waals surface area contributed by atoms with Gasteiger partial charge in [-0.1, -0.05) is 72.2 Å². The molecule has 1 aromatic heterocycles. The minimum atomic E-state index is -0.933. The van der Waals surface area contributed by atoms with E-state index in [1.54, 1.807) is 12.1 Å². The number of fused-ring (bicyclic) bond motifs is 1. The van der Waals surface area contributed by atoms with E-state index >= 15 is 0 Å². The van der Waals surface area contributed by atoms with Crippen molar-refractivity contribution in [2.45, 2.75) is 33.4 Å². The van der Waals surface area contributed by atoms with Crippen molar-refractivity contribution in [1.29, 1.82) is 0 Å². The van der Waals surface area contributed by atoms with Crippen LogP contribution in [0.15, 0.2) is 91.0 Å². The molecular formula is C33H31BN2O3. The van der Waals surface area contributed by atoms with Crippen molar-refractivity contribution in [2.24, 2.45) is 0 Å². The van der Waals surface area contributed by atoms with Crippen LogP contribution in [-0.4, -0.2) is 29.4 Å². The van der Waals surface area contributed by atoms with Crippen molar-refractivity contribution in [2.75, 3.05) is 0 Å². The second-order valence-electron chi connectivity index (χ2n) is 10.2. The lowest BCUT2D eigenvalue weighted by molar-refractivity contribution is 0.0697. The maximum absolute atomic E-state index is 13.1. The molecule has 0 unspecified atom stereocenters. The lowest BCUT2D eigenvalue weighted by atomic mass is 9.94. The average Bonchev–Trinajstić information content (AvgIpc) is 3.18. The molecule has 0 aliphatic carbocycles. The number of amides is 1. The predicted octanol–water partition coefficient (Wildman–Crippen LogP) is 5.42. The average molecular weight is 514 g/mol. The largest absolute Gasteiger partial charge is 0.478 e. The molecule has 5 aromatic rings. The highest BCUT2D eigenvalue weighted by Crippen LogP contribution is 2.29. The Morgan fingerprint density at radius 2 is 1.62 bits per heavy atom. The molecule has 6 heteroatoms. The topological polar surface area (TPSA) is 71.3 Å². The second-order valence-corrected chi connectivity index (χ2v) is 10.2. The van der Waals surface area contributed by atoms with Crippen LogP contribution in [-0.2, 0) is 6.54 Å². The molecule has 1 amide bonds. The normalized spacial score (nSPS) is 11.9. The highest BCUT2D eigenvalue weighted by molar-refractivity contribution is 6.32. The maximum Gasteiger partial charge on any atom is 0.336 e. The zero-order valence-corrected chi connectivity index (χ0v) is 22.7. The van der Waals surface area contributed by atoms with Gasteiger partial charge in [-0.15, -0.1) is 0 Å². The number of aryl methyl sites for hydroxylation is 1. The fraction of sp³-hybridized carbons (Fsp3) is 0.152. The van der Waals surface area contributed by atoms with E-state index in [1.807, 2.05) is 61.5 Å². The van der Waals surface area contributed by atoms with Crippen LogP contribution in [0.3, 0.4) is 0 Å². The zero-order chi connectivity index (χ0) is 27.7. The van der Waals surface area contributed by atoms with Gasteiger partial charge in [0, 0.05) is 28.7 Å². The monoisotopic (exact) mass is 514 g/mol. The fourth-order valence-electron chi connectivity index (χ4n) is 5.11. The van der Waals surface area contributed by atoms with Gasteiger partial charge in [0.05, 0.1) is 11.6 Å². The number of aromatic nitrogens is 1. The quantitative estimate of drug-likeness (QED) is 0.285. The third kappa shape index (κ3) is 5.23. The molecule has 0 bridgehead atoms. The number of carbonyl (C=O) groups is 2. The van der Waals surface area contributed by atoms with E-state index < -0.39 is 5.97 Å². The molecule has 0 aliphatic heterocycles. The van der Waals surface area contributed by atoms with Gasteiger partial charge in [-0.2, -0.15) is 0 Å². The molecule has 2 N–H and O–H groups in total. The number of aromatic carboxylic acids is 1. The number of carboxylic acid groups (broad SMARTS) is 1. The van der Waals surface area contributed by atoms with Crippen LogP contribution in [0, 0.1) is 13.8 Å². The molecule has 4 aromatic carbocycles. The Morgan fingerprint density at radius 1 is 0.923 bits per heavy atom. The molecule has 194 valence electrons. The summed E-state index contributed by atoms with van der Waals surface area (Å²) >= 11 is 0. The van der Waals surface area contributed by atoms with Gasteiger partial charge in [-0.3, -0.25) is 4.79 Å². The Bertz CT molecular complexity index is 1690. The van der Waals surface area contributed by atoms with Gasteiger partial charge in [0.25, 0.3) is 5.91 Å². The van der Waals surface area contributed by atoms with Crippen LogP contribution >= 0.6 is 0 Å². The Kier molecular flexibility index (Phi) is 7.12. The van der Waals surface area contributed by atoms with Gasteiger partial charge in [0.1, 0.15) is 7.85 Å². The number of hydrogen-bond donors (Lipinski definition) is 2. The highest BCUT2D eigenvalue weighted by atomic mass is 16.4. The van der Waals surface area contributed by atoms with Crippen LogP contribution < -0.4 is 10.8 Å². The lowest BCUT2D eigenvalue weighted by Crippen LogP contribution is -2.26. The minimum absolute atomic E-state index is 0.0907. The third-order valence-electron chi connectivity index (χ3n) is 7.59. The first-order valence-electron chi connectivity index (χ1n) is 13.1. The molecule has 0 saturated carbocycles. The number of nitrogens with zero attached hydrogens (tertiary/aromatic N) is 1. The van der Waals surface area contributed by atoms with Gasteiger partial charge < -0.3 is 15.0 Å². The second kappa shape index (κ2) is 10.7. The molecule has 1 atom stereocenters. The Labute approximate surface area is 229 Å². The number of carboxylic acids is 1. The number of carbonyl (C=O) groups excluding carboxylic acids is 1. The Balaban J connectivity index is 1.38. The SMILES string of the molecule is Bc1ccc([C@H](C)NC(=O)c2ccc3c(c2)c(C)c(C)n3Cc2ccc(-c3ccccc3C(=O)O)cc2)cc1. The fourth-order valence-corrected chi connectivity index (χ4v) is 5.11. The maximum atomic E-state index is 13.1. The Hall–Kier alpha value is -4.58. The summed E-state index contributed by atoms with van der Waals surface area (Å²) in [6.45, 7) is 6.87. The summed E-state index contributed by atoms with van der Waals surface area (Å²) in [5, 5.41) is 13.7. The van der Waals surface area contributed by atoms with Gasteiger partial charge in [0.2, 0.25) is 0 Å². The van der Waals surface area contributed by atoms with Crippen LogP contribution in [0.4, 0.5) is 0 Å². The van der Waals surface area contributed by atoms with Crippen molar-refractivity contribution in [3.05, 3.63) is 125 Å². The van der Waals surface area contributed by atoms with Gasteiger partial charge in [0.15, 0.2) is 0 Å². The van der Waals surface area contributed by atoms with Crippen LogP contribution in [0.2, 0.25) is 0 Å². The van der Waals surface area contributed by atoms with Crippen molar-refractivity contribution >= 4 is 36.1 Å². The summed E-state index contributed by atoms with van der Waals surface area (Å²) < 4.78 is 2.27. The summed E-state index contributed by atoms with van der Waals surface area (Å²) in [7, 11) is 2.05. The number of nitrogens with one attached hydrogen (secondary N) is 1. The van der Waals surface area contributed by atoms with E-state index in [1.165, 1.54) is 5.46 Å². The summed E-state index contributed by atoms with van der Waals surface area (Å²) in [6, 6.07) is 29.1. The summed E-state index contributed by atoms with van der Waals surface area (Å²) in [5.74, 6) is -1.02. The minimum Gasteiger partial charge on any atom is -0.478 e.